The van der Waals surface area contributed by atoms with Crippen molar-refractivity contribution in [3.8, 4) is 11.5 Å². The van der Waals surface area contributed by atoms with Gasteiger partial charge in [-0.25, -0.2) is 4.68 Å². The summed E-state index contributed by atoms with van der Waals surface area (Å²) in [5.74, 6) is 1.58. The third kappa shape index (κ3) is 3.19. The summed E-state index contributed by atoms with van der Waals surface area (Å²) in [5.41, 5.74) is 5.72. The molecule has 3 N–H and O–H groups in total. The average Bonchev–Trinajstić information content (AvgIpc) is 3.21. The predicted molar refractivity (Wildman–Crippen MR) is 81.1 cm³/mol. The normalized spacial score (nSPS) is 14.0. The van der Waals surface area contributed by atoms with E-state index in [0.717, 1.165) is 23.3 Å². The molecule has 2 aromatic heterocycles. The number of amides is 1. The van der Waals surface area contributed by atoms with E-state index in [2.05, 4.69) is 10.4 Å². The Morgan fingerprint density at radius 2 is 2.27 bits per heavy atom. The van der Waals surface area contributed by atoms with Crippen LogP contribution < -0.4 is 16.6 Å². The Hall–Kier alpha value is -2.57. The van der Waals surface area contributed by atoms with Crippen LogP contribution in [-0.2, 0) is 11.3 Å². The van der Waals surface area contributed by atoms with Crippen LogP contribution >= 0.6 is 0 Å². The van der Waals surface area contributed by atoms with Crippen LogP contribution in [0, 0.1) is 12.8 Å². The van der Waals surface area contributed by atoms with Gasteiger partial charge in [0.1, 0.15) is 23.7 Å². The molecule has 116 valence electrons. The molecule has 1 aliphatic carbocycles. The molecule has 0 radical (unpaired) electrons. The number of nitrogens with two attached hydrogens (primary N) is 1. The van der Waals surface area contributed by atoms with E-state index in [1.807, 2.05) is 6.92 Å². The van der Waals surface area contributed by atoms with Crippen LogP contribution in [0.1, 0.15) is 18.6 Å². The second-order valence-electron chi connectivity index (χ2n) is 5.61. The fourth-order valence-electron chi connectivity index (χ4n) is 2.13. The van der Waals surface area contributed by atoms with Gasteiger partial charge in [0, 0.05) is 6.54 Å². The molecule has 1 fully saturated rings. The Balaban J connectivity index is 1.81. The fraction of sp³-hybridized carbons (Fsp3) is 0.400. The Morgan fingerprint density at radius 1 is 1.50 bits per heavy atom. The first kappa shape index (κ1) is 14.4. The first-order valence-electron chi connectivity index (χ1n) is 7.24. The second kappa shape index (κ2) is 5.67. The lowest BCUT2D eigenvalue weighted by Crippen LogP contribution is -2.35. The summed E-state index contributed by atoms with van der Waals surface area (Å²) in [6.07, 6.45) is 2.30. The minimum atomic E-state index is -0.478. The highest BCUT2D eigenvalue weighted by Gasteiger charge is 2.22. The van der Waals surface area contributed by atoms with Gasteiger partial charge < -0.3 is 15.5 Å². The number of nitrogen functional groups attached to an aromatic ring is 1. The number of hydrogen-bond donors (Lipinski definition) is 2. The Kier molecular flexibility index (Phi) is 3.70. The Bertz CT molecular complexity index is 758. The highest BCUT2D eigenvalue weighted by Crippen LogP contribution is 2.27. The van der Waals surface area contributed by atoms with E-state index >= 15 is 0 Å². The van der Waals surface area contributed by atoms with Crippen LogP contribution in [0.15, 0.2) is 27.4 Å². The number of carbonyl (C=O) groups is 1. The van der Waals surface area contributed by atoms with Gasteiger partial charge in [-0.2, -0.15) is 5.10 Å². The molecule has 7 nitrogen and oxygen atoms in total. The van der Waals surface area contributed by atoms with Gasteiger partial charge >= 0.3 is 0 Å². The highest BCUT2D eigenvalue weighted by molar-refractivity contribution is 5.75. The molecule has 0 aliphatic heterocycles. The molecule has 0 unspecified atom stereocenters. The zero-order valence-corrected chi connectivity index (χ0v) is 12.3. The summed E-state index contributed by atoms with van der Waals surface area (Å²) in [6.45, 7) is 2.32. The molecular weight excluding hydrogens is 284 g/mol. The molecule has 2 aromatic rings. The number of carbonyl (C=O) groups excluding carboxylic acids is 1. The topological polar surface area (TPSA) is 103 Å². The smallest absolute Gasteiger partial charge is 0.290 e. The van der Waals surface area contributed by atoms with Crippen LogP contribution in [0.5, 0.6) is 0 Å². The van der Waals surface area contributed by atoms with Gasteiger partial charge in [0.05, 0.1) is 0 Å². The van der Waals surface area contributed by atoms with Crippen molar-refractivity contribution < 1.29 is 9.21 Å². The van der Waals surface area contributed by atoms with Crippen LogP contribution in [-0.4, -0.2) is 22.2 Å². The van der Waals surface area contributed by atoms with E-state index < -0.39 is 5.56 Å². The number of hydrogen-bond acceptors (Lipinski definition) is 5. The molecule has 0 atom stereocenters. The van der Waals surface area contributed by atoms with Crippen LogP contribution in [0.3, 0.4) is 0 Å². The summed E-state index contributed by atoms with van der Waals surface area (Å²) in [4.78, 5) is 23.9. The third-order valence-corrected chi connectivity index (χ3v) is 3.57. The second-order valence-corrected chi connectivity index (χ2v) is 5.61. The first-order valence-corrected chi connectivity index (χ1v) is 7.24. The number of rotatable bonds is 5. The summed E-state index contributed by atoms with van der Waals surface area (Å²) in [7, 11) is 0. The van der Waals surface area contributed by atoms with Gasteiger partial charge in [-0.05, 0) is 43.9 Å². The number of anilines is 1. The Morgan fingerprint density at radius 3 is 2.91 bits per heavy atom. The Labute approximate surface area is 127 Å². The summed E-state index contributed by atoms with van der Waals surface area (Å²) in [6, 6.07) is 5.00. The summed E-state index contributed by atoms with van der Waals surface area (Å²) >= 11 is 0. The van der Waals surface area contributed by atoms with Crippen molar-refractivity contribution in [1.29, 1.82) is 0 Å². The average molecular weight is 302 g/mol. The number of furan rings is 1. The number of aromatic nitrogens is 2. The molecule has 22 heavy (non-hydrogen) atoms. The molecule has 0 aromatic carbocycles. The minimum Gasteiger partial charge on any atom is -0.460 e. The van der Waals surface area contributed by atoms with Crippen molar-refractivity contribution in [3.05, 3.63) is 34.3 Å². The lowest BCUT2D eigenvalue weighted by molar-refractivity contribution is -0.121. The zero-order valence-electron chi connectivity index (χ0n) is 12.3. The predicted octanol–water partition coefficient (Wildman–Crippen LogP) is 0.920. The van der Waals surface area contributed by atoms with Crippen LogP contribution in [0.2, 0.25) is 0 Å². The highest BCUT2D eigenvalue weighted by atomic mass is 16.3. The maximum atomic E-state index is 12.0. The van der Waals surface area contributed by atoms with Gasteiger partial charge in [-0.1, -0.05) is 0 Å². The molecule has 0 spiro atoms. The third-order valence-electron chi connectivity index (χ3n) is 3.57. The molecular formula is C15H18N4O3. The SMILES string of the molecule is Cc1ccc(-c2cc(N)c(=O)n(CC(=O)NCC3CC3)n2)o1. The van der Waals surface area contributed by atoms with Crippen molar-refractivity contribution in [1.82, 2.24) is 15.1 Å². The molecule has 0 saturated heterocycles. The van der Waals surface area contributed by atoms with Crippen LogP contribution in [0.4, 0.5) is 5.69 Å². The summed E-state index contributed by atoms with van der Waals surface area (Å²) < 4.78 is 6.55. The van der Waals surface area contributed by atoms with Crippen molar-refractivity contribution in [2.45, 2.75) is 26.3 Å². The fourth-order valence-corrected chi connectivity index (χ4v) is 2.13. The lowest BCUT2D eigenvalue weighted by atomic mass is 10.3. The van der Waals surface area contributed by atoms with Gasteiger partial charge in [-0.3, -0.25) is 9.59 Å². The number of nitrogens with zero attached hydrogens (tertiary/aromatic N) is 2. The van der Waals surface area contributed by atoms with E-state index in [1.54, 1.807) is 12.1 Å². The molecule has 1 saturated carbocycles. The molecule has 1 amide bonds. The molecule has 0 bridgehead atoms. The van der Waals surface area contributed by atoms with Gasteiger partial charge in [0.2, 0.25) is 5.91 Å². The zero-order chi connectivity index (χ0) is 15.7. The van der Waals surface area contributed by atoms with E-state index in [0.29, 0.717) is 23.9 Å². The van der Waals surface area contributed by atoms with E-state index in [-0.39, 0.29) is 18.1 Å². The maximum absolute atomic E-state index is 12.0. The molecule has 2 heterocycles. The van der Waals surface area contributed by atoms with Crippen molar-refractivity contribution in [2.75, 3.05) is 12.3 Å². The standard InChI is InChI=1S/C15H18N4O3/c1-9-2-5-13(22-9)12-6-11(16)15(21)19(18-12)8-14(20)17-7-10-3-4-10/h2,5-6,10H,3-4,7-8,16H2,1H3,(H,17,20). The molecule has 3 rings (SSSR count). The van der Waals surface area contributed by atoms with E-state index in [4.69, 9.17) is 10.2 Å². The summed E-state index contributed by atoms with van der Waals surface area (Å²) in [5, 5.41) is 6.97. The van der Waals surface area contributed by atoms with Crippen molar-refractivity contribution >= 4 is 11.6 Å². The van der Waals surface area contributed by atoms with Gasteiger partial charge in [0.25, 0.3) is 5.56 Å². The largest absolute Gasteiger partial charge is 0.460 e. The quantitative estimate of drug-likeness (QED) is 0.855. The van der Waals surface area contributed by atoms with Crippen molar-refractivity contribution in [2.24, 2.45) is 5.92 Å². The molecule has 7 heteroatoms. The van der Waals surface area contributed by atoms with E-state index in [9.17, 15) is 9.59 Å². The van der Waals surface area contributed by atoms with Crippen molar-refractivity contribution in [3.63, 3.8) is 0 Å². The number of aryl methyl sites for hydroxylation is 1. The molecule has 1 aliphatic rings. The monoisotopic (exact) mass is 302 g/mol. The van der Waals surface area contributed by atoms with Gasteiger partial charge in [-0.15, -0.1) is 0 Å². The van der Waals surface area contributed by atoms with Gasteiger partial charge in [0.15, 0.2) is 5.76 Å². The first-order chi connectivity index (χ1) is 10.5. The number of nitrogens with one attached hydrogen (secondary N) is 1. The maximum Gasteiger partial charge on any atom is 0.290 e. The van der Waals surface area contributed by atoms with Crippen LogP contribution in [0.25, 0.3) is 11.5 Å². The lowest BCUT2D eigenvalue weighted by Gasteiger charge is -2.08. The minimum absolute atomic E-state index is 0.0362. The van der Waals surface area contributed by atoms with E-state index in [1.165, 1.54) is 6.07 Å².